The zero-order valence-electron chi connectivity index (χ0n) is 10.8. The Morgan fingerprint density at radius 3 is 2.25 bits per heavy atom. The Labute approximate surface area is 98.4 Å². The average Bonchev–Trinajstić information content (AvgIpc) is 2.26. The summed E-state index contributed by atoms with van der Waals surface area (Å²) in [6, 6.07) is 0. The summed E-state index contributed by atoms with van der Waals surface area (Å²) >= 11 is 0. The maximum atomic E-state index is 10.0. The molecule has 0 aromatic rings. The molecule has 0 aliphatic carbocycles. The van der Waals surface area contributed by atoms with Crippen molar-refractivity contribution in [2.45, 2.75) is 40.1 Å². The zero-order valence-corrected chi connectivity index (χ0v) is 10.8. The SMILES string of the molecule is C=C[C@@H](C)[C@@H](O)[C@H](C)C1OCC(C)(C)CO1. The van der Waals surface area contributed by atoms with Gasteiger partial charge in [0.25, 0.3) is 0 Å². The maximum absolute atomic E-state index is 10.0. The van der Waals surface area contributed by atoms with Gasteiger partial charge in [0.2, 0.25) is 0 Å². The molecule has 0 amide bonds. The third-order valence-corrected chi connectivity index (χ3v) is 3.16. The van der Waals surface area contributed by atoms with Gasteiger partial charge in [-0.25, -0.2) is 0 Å². The molecule has 0 aromatic carbocycles. The molecule has 3 atom stereocenters. The number of aliphatic hydroxyl groups is 1. The lowest BCUT2D eigenvalue weighted by molar-refractivity contribution is -0.253. The van der Waals surface area contributed by atoms with Gasteiger partial charge >= 0.3 is 0 Å². The standard InChI is InChI=1S/C13H24O3/c1-6-9(2)11(14)10(3)12-15-7-13(4,5)8-16-12/h6,9-12,14H,1,7-8H2,2-5H3/t9-,10+,11-/m1/s1. The van der Waals surface area contributed by atoms with Crippen molar-refractivity contribution in [3.05, 3.63) is 12.7 Å². The van der Waals surface area contributed by atoms with Crippen molar-refractivity contribution >= 4 is 0 Å². The molecule has 3 nitrogen and oxygen atoms in total. The molecule has 0 bridgehead atoms. The number of ether oxygens (including phenoxy) is 2. The lowest BCUT2D eigenvalue weighted by Crippen LogP contribution is -2.44. The van der Waals surface area contributed by atoms with E-state index in [1.807, 2.05) is 13.8 Å². The first kappa shape index (κ1) is 13.7. The number of aliphatic hydroxyl groups excluding tert-OH is 1. The summed E-state index contributed by atoms with van der Waals surface area (Å²) in [6.45, 7) is 13.2. The minimum atomic E-state index is -0.469. The van der Waals surface area contributed by atoms with Crippen LogP contribution in [0.25, 0.3) is 0 Å². The van der Waals surface area contributed by atoms with E-state index in [4.69, 9.17) is 9.47 Å². The molecule has 1 rings (SSSR count). The van der Waals surface area contributed by atoms with Crippen LogP contribution in [0.15, 0.2) is 12.7 Å². The molecule has 0 unspecified atom stereocenters. The van der Waals surface area contributed by atoms with Crippen LogP contribution < -0.4 is 0 Å². The van der Waals surface area contributed by atoms with Crippen LogP contribution in [-0.4, -0.2) is 30.7 Å². The Morgan fingerprint density at radius 2 is 1.81 bits per heavy atom. The van der Waals surface area contributed by atoms with Crippen molar-refractivity contribution in [3.63, 3.8) is 0 Å². The van der Waals surface area contributed by atoms with Gasteiger partial charge in [-0.1, -0.05) is 33.8 Å². The molecule has 1 N–H and O–H groups in total. The van der Waals surface area contributed by atoms with E-state index in [1.54, 1.807) is 6.08 Å². The van der Waals surface area contributed by atoms with E-state index in [0.717, 1.165) is 0 Å². The van der Waals surface area contributed by atoms with Gasteiger partial charge in [0.05, 0.1) is 19.3 Å². The van der Waals surface area contributed by atoms with E-state index < -0.39 is 6.10 Å². The van der Waals surface area contributed by atoms with E-state index >= 15 is 0 Å². The summed E-state index contributed by atoms with van der Waals surface area (Å²) in [7, 11) is 0. The smallest absolute Gasteiger partial charge is 0.162 e. The van der Waals surface area contributed by atoms with Gasteiger partial charge in [-0.2, -0.15) is 0 Å². The normalized spacial score (nSPS) is 27.1. The van der Waals surface area contributed by atoms with Gasteiger partial charge < -0.3 is 14.6 Å². The van der Waals surface area contributed by atoms with Crippen LogP contribution in [0, 0.1) is 17.3 Å². The van der Waals surface area contributed by atoms with Crippen LogP contribution in [0.2, 0.25) is 0 Å². The lowest BCUT2D eigenvalue weighted by Gasteiger charge is -2.39. The van der Waals surface area contributed by atoms with Crippen LogP contribution in [0.4, 0.5) is 0 Å². The summed E-state index contributed by atoms with van der Waals surface area (Å²) in [5.74, 6) is 0.0150. The fourth-order valence-electron chi connectivity index (χ4n) is 1.79. The maximum Gasteiger partial charge on any atom is 0.162 e. The summed E-state index contributed by atoms with van der Waals surface area (Å²) < 4.78 is 11.3. The zero-order chi connectivity index (χ0) is 12.3. The fourth-order valence-corrected chi connectivity index (χ4v) is 1.79. The second kappa shape index (κ2) is 5.30. The third-order valence-electron chi connectivity index (χ3n) is 3.16. The van der Waals surface area contributed by atoms with Crippen LogP contribution in [-0.2, 0) is 9.47 Å². The lowest BCUT2D eigenvalue weighted by atomic mass is 9.91. The van der Waals surface area contributed by atoms with E-state index in [0.29, 0.717) is 13.2 Å². The van der Waals surface area contributed by atoms with E-state index in [9.17, 15) is 5.11 Å². The highest BCUT2D eigenvalue weighted by molar-refractivity contribution is 4.86. The topological polar surface area (TPSA) is 38.7 Å². The van der Waals surface area contributed by atoms with Crippen molar-refractivity contribution < 1.29 is 14.6 Å². The van der Waals surface area contributed by atoms with Crippen molar-refractivity contribution in [3.8, 4) is 0 Å². The molecule has 1 aliphatic rings. The van der Waals surface area contributed by atoms with Gasteiger partial charge in [-0.3, -0.25) is 0 Å². The summed E-state index contributed by atoms with van der Waals surface area (Å²) in [5, 5.41) is 10.0. The van der Waals surface area contributed by atoms with Crippen molar-refractivity contribution in [1.29, 1.82) is 0 Å². The molecular weight excluding hydrogens is 204 g/mol. The number of hydrogen-bond acceptors (Lipinski definition) is 3. The molecule has 1 aliphatic heterocycles. The minimum absolute atomic E-state index is 0.0379. The van der Waals surface area contributed by atoms with Gasteiger partial charge in [0.1, 0.15) is 0 Å². The quantitative estimate of drug-likeness (QED) is 0.750. The van der Waals surface area contributed by atoms with Crippen LogP contribution >= 0.6 is 0 Å². The van der Waals surface area contributed by atoms with Gasteiger partial charge in [0, 0.05) is 17.3 Å². The molecule has 1 fully saturated rings. The highest BCUT2D eigenvalue weighted by atomic mass is 16.7. The highest BCUT2D eigenvalue weighted by Gasteiger charge is 2.35. The molecule has 0 saturated carbocycles. The third kappa shape index (κ3) is 3.30. The van der Waals surface area contributed by atoms with Crippen molar-refractivity contribution in [2.75, 3.05) is 13.2 Å². The molecule has 16 heavy (non-hydrogen) atoms. The molecule has 3 heteroatoms. The van der Waals surface area contributed by atoms with Gasteiger partial charge in [0.15, 0.2) is 6.29 Å². The monoisotopic (exact) mass is 228 g/mol. The largest absolute Gasteiger partial charge is 0.392 e. The molecular formula is C13H24O3. The first-order chi connectivity index (χ1) is 7.37. The molecule has 1 saturated heterocycles. The Hall–Kier alpha value is -0.380. The molecule has 1 heterocycles. The first-order valence-corrected chi connectivity index (χ1v) is 5.91. The van der Waals surface area contributed by atoms with E-state index in [1.165, 1.54) is 0 Å². The van der Waals surface area contributed by atoms with Crippen LogP contribution in [0.3, 0.4) is 0 Å². The molecule has 0 spiro atoms. The van der Waals surface area contributed by atoms with Gasteiger partial charge in [-0.15, -0.1) is 6.58 Å². The predicted molar refractivity (Wildman–Crippen MR) is 64.0 cm³/mol. The number of hydrogen-bond donors (Lipinski definition) is 1. The fraction of sp³-hybridized carbons (Fsp3) is 0.846. The predicted octanol–water partition coefficient (Wildman–Crippen LogP) is 2.20. The average molecular weight is 228 g/mol. The summed E-state index contributed by atoms with van der Waals surface area (Å²) in [5.41, 5.74) is 0.0746. The molecule has 94 valence electrons. The Morgan fingerprint density at radius 1 is 1.31 bits per heavy atom. The van der Waals surface area contributed by atoms with Gasteiger partial charge in [-0.05, 0) is 0 Å². The first-order valence-electron chi connectivity index (χ1n) is 5.91. The van der Waals surface area contributed by atoms with E-state index in [-0.39, 0.29) is 23.5 Å². The number of rotatable bonds is 4. The second-order valence-corrected chi connectivity index (χ2v) is 5.60. The Kier molecular flexibility index (Phi) is 4.53. The Bertz CT molecular complexity index is 227. The summed E-state index contributed by atoms with van der Waals surface area (Å²) in [6.07, 6.45) is 0.989. The Balaban J connectivity index is 2.50. The van der Waals surface area contributed by atoms with Crippen molar-refractivity contribution in [1.82, 2.24) is 0 Å². The second-order valence-electron chi connectivity index (χ2n) is 5.60. The van der Waals surface area contributed by atoms with Crippen LogP contribution in [0.1, 0.15) is 27.7 Å². The van der Waals surface area contributed by atoms with E-state index in [2.05, 4.69) is 20.4 Å². The molecule has 0 aromatic heterocycles. The molecule has 0 radical (unpaired) electrons. The summed E-state index contributed by atoms with van der Waals surface area (Å²) in [4.78, 5) is 0. The minimum Gasteiger partial charge on any atom is -0.392 e. The van der Waals surface area contributed by atoms with Crippen molar-refractivity contribution in [2.24, 2.45) is 17.3 Å². The van der Waals surface area contributed by atoms with Crippen LogP contribution in [0.5, 0.6) is 0 Å². The highest BCUT2D eigenvalue weighted by Crippen LogP contribution is 2.28.